The van der Waals surface area contributed by atoms with E-state index in [0.717, 1.165) is 44.2 Å². The van der Waals surface area contributed by atoms with E-state index in [9.17, 15) is 4.79 Å². The number of methoxy groups -OCH3 is 2. The third-order valence-electron chi connectivity index (χ3n) is 4.38. The molecule has 0 spiro atoms. The number of anilines is 1. The van der Waals surface area contributed by atoms with Gasteiger partial charge in [-0.15, -0.1) is 5.10 Å². The van der Waals surface area contributed by atoms with Gasteiger partial charge in [-0.1, -0.05) is 17.3 Å². The molecule has 0 radical (unpaired) electrons. The molecule has 1 aliphatic heterocycles. The maximum atomic E-state index is 11.4. The van der Waals surface area contributed by atoms with E-state index in [2.05, 4.69) is 30.9 Å². The first kappa shape index (κ1) is 17.2. The summed E-state index contributed by atoms with van der Waals surface area (Å²) in [6.45, 7) is 5.39. The van der Waals surface area contributed by atoms with E-state index in [1.165, 1.54) is 7.11 Å². The first-order valence-corrected chi connectivity index (χ1v) is 8.30. The van der Waals surface area contributed by atoms with Gasteiger partial charge in [0, 0.05) is 32.7 Å². The smallest absolute Gasteiger partial charge is 0.360 e. The average Bonchev–Trinajstić information content (AvgIpc) is 3.15. The van der Waals surface area contributed by atoms with Gasteiger partial charge in [0.05, 0.1) is 32.6 Å². The van der Waals surface area contributed by atoms with Crippen LogP contribution in [0, 0.1) is 0 Å². The summed E-state index contributed by atoms with van der Waals surface area (Å²) in [4.78, 5) is 16.1. The van der Waals surface area contributed by atoms with E-state index in [1.807, 2.05) is 18.2 Å². The highest BCUT2D eigenvalue weighted by Gasteiger charge is 2.19. The quantitative estimate of drug-likeness (QED) is 0.720. The number of hydrogen-bond donors (Lipinski definition) is 0. The van der Waals surface area contributed by atoms with Crippen LogP contribution in [0.2, 0.25) is 0 Å². The van der Waals surface area contributed by atoms with Gasteiger partial charge >= 0.3 is 5.97 Å². The molecule has 1 aromatic carbocycles. The third kappa shape index (κ3) is 4.08. The topological polar surface area (TPSA) is 72.7 Å². The summed E-state index contributed by atoms with van der Waals surface area (Å²) < 4.78 is 11.8. The Bertz CT molecular complexity index is 710. The van der Waals surface area contributed by atoms with E-state index in [0.29, 0.717) is 6.54 Å². The zero-order chi connectivity index (χ0) is 17.6. The number of esters is 1. The molecular formula is C17H23N5O3. The molecule has 0 bridgehead atoms. The van der Waals surface area contributed by atoms with Gasteiger partial charge in [-0.05, 0) is 12.1 Å². The lowest BCUT2D eigenvalue weighted by molar-refractivity contribution is 0.0594. The van der Waals surface area contributed by atoms with Crippen molar-refractivity contribution in [1.29, 1.82) is 0 Å². The Morgan fingerprint density at radius 1 is 1.12 bits per heavy atom. The second kappa shape index (κ2) is 7.98. The zero-order valence-corrected chi connectivity index (χ0v) is 14.6. The number of aromatic nitrogens is 3. The Hall–Kier alpha value is -2.61. The normalized spacial score (nSPS) is 15.2. The predicted molar refractivity (Wildman–Crippen MR) is 93.0 cm³/mol. The van der Waals surface area contributed by atoms with Gasteiger partial charge in [-0.2, -0.15) is 0 Å². The van der Waals surface area contributed by atoms with E-state index in [1.54, 1.807) is 18.0 Å². The number of piperazine rings is 1. The number of ether oxygens (including phenoxy) is 2. The minimum absolute atomic E-state index is 0.239. The minimum atomic E-state index is -0.461. The number of carbonyl (C=O) groups excluding carboxylic acids is 1. The van der Waals surface area contributed by atoms with Crippen LogP contribution in [0.15, 0.2) is 30.5 Å². The fraction of sp³-hybridized carbons (Fsp3) is 0.471. The number of carbonyl (C=O) groups is 1. The van der Waals surface area contributed by atoms with Crippen LogP contribution in [0.5, 0.6) is 5.75 Å². The molecule has 25 heavy (non-hydrogen) atoms. The van der Waals surface area contributed by atoms with Crippen LogP contribution in [0.25, 0.3) is 0 Å². The molecule has 8 nitrogen and oxygen atoms in total. The number of benzene rings is 1. The minimum Gasteiger partial charge on any atom is -0.495 e. The van der Waals surface area contributed by atoms with Crippen LogP contribution >= 0.6 is 0 Å². The first-order chi connectivity index (χ1) is 12.2. The van der Waals surface area contributed by atoms with Crippen molar-refractivity contribution in [3.63, 3.8) is 0 Å². The van der Waals surface area contributed by atoms with Crippen molar-refractivity contribution in [3.8, 4) is 5.75 Å². The van der Waals surface area contributed by atoms with Crippen molar-refractivity contribution in [2.45, 2.75) is 6.54 Å². The van der Waals surface area contributed by atoms with Crippen LogP contribution in [0.3, 0.4) is 0 Å². The Kier molecular flexibility index (Phi) is 5.49. The van der Waals surface area contributed by atoms with Crippen LogP contribution in [0.1, 0.15) is 10.5 Å². The molecule has 1 aromatic heterocycles. The molecule has 2 aromatic rings. The van der Waals surface area contributed by atoms with Gasteiger partial charge in [0.15, 0.2) is 5.69 Å². The number of para-hydroxylation sites is 2. The van der Waals surface area contributed by atoms with E-state index in [-0.39, 0.29) is 5.69 Å². The molecule has 1 saturated heterocycles. The molecule has 0 unspecified atom stereocenters. The van der Waals surface area contributed by atoms with E-state index in [4.69, 9.17) is 4.74 Å². The molecule has 3 rings (SSSR count). The highest BCUT2D eigenvalue weighted by Crippen LogP contribution is 2.28. The van der Waals surface area contributed by atoms with Crippen molar-refractivity contribution in [2.75, 3.05) is 51.8 Å². The van der Waals surface area contributed by atoms with Gasteiger partial charge < -0.3 is 14.4 Å². The summed E-state index contributed by atoms with van der Waals surface area (Å²) in [5.74, 6) is 0.450. The second-order valence-corrected chi connectivity index (χ2v) is 5.86. The Morgan fingerprint density at radius 2 is 1.88 bits per heavy atom. The Morgan fingerprint density at radius 3 is 2.60 bits per heavy atom. The van der Waals surface area contributed by atoms with E-state index < -0.39 is 5.97 Å². The summed E-state index contributed by atoms with van der Waals surface area (Å²) in [5, 5.41) is 7.79. The molecule has 0 saturated carbocycles. The van der Waals surface area contributed by atoms with E-state index >= 15 is 0 Å². The first-order valence-electron chi connectivity index (χ1n) is 8.30. The summed E-state index contributed by atoms with van der Waals surface area (Å²) in [6, 6.07) is 8.11. The fourth-order valence-corrected chi connectivity index (χ4v) is 2.95. The molecule has 0 atom stereocenters. The number of hydrogen-bond acceptors (Lipinski definition) is 7. The summed E-state index contributed by atoms with van der Waals surface area (Å²) in [6.07, 6.45) is 1.62. The van der Waals surface area contributed by atoms with Crippen LogP contribution in [-0.2, 0) is 11.3 Å². The van der Waals surface area contributed by atoms with Crippen LogP contribution < -0.4 is 9.64 Å². The molecular weight excluding hydrogens is 322 g/mol. The van der Waals surface area contributed by atoms with Gasteiger partial charge in [-0.25, -0.2) is 4.79 Å². The van der Waals surface area contributed by atoms with Gasteiger partial charge in [0.1, 0.15) is 5.75 Å². The van der Waals surface area contributed by atoms with Crippen molar-refractivity contribution in [3.05, 3.63) is 36.2 Å². The molecule has 2 heterocycles. The Labute approximate surface area is 146 Å². The zero-order valence-electron chi connectivity index (χ0n) is 14.6. The fourth-order valence-electron chi connectivity index (χ4n) is 2.95. The summed E-state index contributed by atoms with van der Waals surface area (Å²) in [5.41, 5.74) is 1.38. The summed E-state index contributed by atoms with van der Waals surface area (Å²) in [7, 11) is 3.04. The monoisotopic (exact) mass is 345 g/mol. The molecule has 0 N–H and O–H groups in total. The lowest BCUT2D eigenvalue weighted by Gasteiger charge is -2.36. The third-order valence-corrected chi connectivity index (χ3v) is 4.38. The lowest BCUT2D eigenvalue weighted by Crippen LogP contribution is -2.47. The van der Waals surface area contributed by atoms with Gasteiger partial charge in [0.2, 0.25) is 0 Å². The molecule has 134 valence electrons. The highest BCUT2D eigenvalue weighted by molar-refractivity contribution is 5.86. The van der Waals surface area contributed by atoms with Crippen LogP contribution in [0.4, 0.5) is 5.69 Å². The van der Waals surface area contributed by atoms with Crippen molar-refractivity contribution >= 4 is 11.7 Å². The second-order valence-electron chi connectivity index (χ2n) is 5.86. The van der Waals surface area contributed by atoms with Gasteiger partial charge in [0.25, 0.3) is 0 Å². The molecule has 8 heteroatoms. The van der Waals surface area contributed by atoms with Crippen molar-refractivity contribution in [1.82, 2.24) is 19.9 Å². The SMILES string of the molecule is COC(=O)c1cn(CCN2CCN(c3ccccc3OC)CC2)nn1. The molecule has 0 amide bonds. The lowest BCUT2D eigenvalue weighted by atomic mass is 10.2. The molecule has 1 aliphatic rings. The van der Waals surface area contributed by atoms with Crippen LogP contribution in [-0.4, -0.2) is 72.8 Å². The van der Waals surface area contributed by atoms with Crippen molar-refractivity contribution < 1.29 is 14.3 Å². The van der Waals surface area contributed by atoms with Gasteiger partial charge in [-0.3, -0.25) is 9.58 Å². The number of rotatable bonds is 6. The highest BCUT2D eigenvalue weighted by atomic mass is 16.5. The standard InChI is InChI=1S/C17H23N5O3/c1-24-16-6-4-3-5-15(16)21-10-7-20(8-11-21)9-12-22-13-14(18-19-22)17(23)25-2/h3-6,13H,7-12H2,1-2H3. The maximum absolute atomic E-state index is 11.4. The van der Waals surface area contributed by atoms with Crippen molar-refractivity contribution in [2.24, 2.45) is 0 Å². The largest absolute Gasteiger partial charge is 0.495 e. The maximum Gasteiger partial charge on any atom is 0.360 e. The summed E-state index contributed by atoms with van der Waals surface area (Å²) >= 11 is 0. The Balaban J connectivity index is 1.49. The number of nitrogens with zero attached hydrogens (tertiary/aromatic N) is 5. The molecule has 1 fully saturated rings. The molecule has 0 aliphatic carbocycles. The average molecular weight is 345 g/mol. The predicted octanol–water partition coefficient (Wildman–Crippen LogP) is 0.895.